The Morgan fingerprint density at radius 1 is 1.58 bits per heavy atom. The van der Waals surface area contributed by atoms with Crippen molar-refractivity contribution in [1.82, 2.24) is 0 Å². The number of hydrogen-bond acceptors (Lipinski definition) is 4. The molecule has 1 aromatic rings. The van der Waals surface area contributed by atoms with Crippen molar-refractivity contribution in [2.45, 2.75) is 0 Å². The molecule has 0 bridgehead atoms. The molecule has 0 spiro atoms. The number of phenols is 1. The van der Waals surface area contributed by atoms with Gasteiger partial charge in [0.1, 0.15) is 12.9 Å². The average Bonchev–Trinajstić information content (AvgIpc) is 2.08. The van der Waals surface area contributed by atoms with E-state index in [4.69, 9.17) is 5.73 Å². The topological polar surface area (TPSA) is 67.8 Å². The van der Waals surface area contributed by atoms with Crippen LogP contribution in [0.1, 0.15) is 5.56 Å². The van der Waals surface area contributed by atoms with Crippen molar-refractivity contribution in [1.29, 1.82) is 0 Å². The molecule has 0 atom stereocenters. The van der Waals surface area contributed by atoms with Crippen molar-refractivity contribution in [3.8, 4) is 5.75 Å². The third-order valence-corrected chi connectivity index (χ3v) is 1.40. The van der Waals surface area contributed by atoms with E-state index in [9.17, 15) is 5.11 Å². The molecule has 1 rings (SSSR count). The second-order valence-corrected chi connectivity index (χ2v) is 2.20. The molecule has 0 saturated heterocycles. The monoisotopic (exact) mass is 166 g/mol. The number of phenolic OH excluding ortho intramolecular Hbond substituents is 1. The van der Waals surface area contributed by atoms with E-state index in [0.717, 1.165) is 0 Å². The van der Waals surface area contributed by atoms with Crippen LogP contribution in [-0.2, 0) is 4.84 Å². The summed E-state index contributed by atoms with van der Waals surface area (Å²) in [6, 6.07) is 5.03. The summed E-state index contributed by atoms with van der Waals surface area (Å²) in [5.41, 5.74) is 6.31. The molecule has 0 saturated carbocycles. The number of oxime groups is 1. The van der Waals surface area contributed by atoms with Gasteiger partial charge >= 0.3 is 0 Å². The van der Waals surface area contributed by atoms with E-state index < -0.39 is 0 Å². The van der Waals surface area contributed by atoms with E-state index in [-0.39, 0.29) is 5.75 Å². The fourth-order valence-electron chi connectivity index (χ4n) is 0.794. The molecule has 64 valence electrons. The Morgan fingerprint density at radius 3 is 3.00 bits per heavy atom. The van der Waals surface area contributed by atoms with Crippen LogP contribution in [0.3, 0.4) is 0 Å². The molecule has 0 amide bonds. The minimum Gasteiger partial charge on any atom is -0.505 e. The van der Waals surface area contributed by atoms with Crippen molar-refractivity contribution in [2.75, 3.05) is 12.8 Å². The highest BCUT2D eigenvalue weighted by atomic mass is 16.6. The van der Waals surface area contributed by atoms with Crippen LogP contribution in [0.4, 0.5) is 5.69 Å². The molecule has 0 aliphatic carbocycles. The van der Waals surface area contributed by atoms with Gasteiger partial charge in [0, 0.05) is 5.56 Å². The highest BCUT2D eigenvalue weighted by molar-refractivity contribution is 5.85. The summed E-state index contributed by atoms with van der Waals surface area (Å²) in [4.78, 5) is 4.46. The Labute approximate surface area is 70.3 Å². The molecule has 0 fully saturated rings. The smallest absolute Gasteiger partial charge is 0.147 e. The van der Waals surface area contributed by atoms with Crippen molar-refractivity contribution < 1.29 is 9.94 Å². The third kappa shape index (κ3) is 1.66. The maximum atomic E-state index is 9.35. The molecule has 1 aromatic carbocycles. The van der Waals surface area contributed by atoms with Gasteiger partial charge in [-0.1, -0.05) is 11.2 Å². The lowest BCUT2D eigenvalue weighted by atomic mass is 10.2. The van der Waals surface area contributed by atoms with Crippen LogP contribution in [0.15, 0.2) is 23.4 Å². The van der Waals surface area contributed by atoms with Crippen molar-refractivity contribution in [3.63, 3.8) is 0 Å². The molecule has 0 radical (unpaired) electrons. The van der Waals surface area contributed by atoms with Gasteiger partial charge in [-0.05, 0) is 12.1 Å². The van der Waals surface area contributed by atoms with Gasteiger partial charge in [0.05, 0.1) is 11.9 Å². The predicted octanol–water partition coefficient (Wildman–Crippen LogP) is 0.955. The molecule has 12 heavy (non-hydrogen) atoms. The minimum absolute atomic E-state index is 0.0262. The largest absolute Gasteiger partial charge is 0.505 e. The lowest BCUT2D eigenvalue weighted by molar-refractivity contribution is 0.215. The van der Waals surface area contributed by atoms with Crippen LogP contribution in [-0.4, -0.2) is 18.4 Å². The van der Waals surface area contributed by atoms with Crippen LogP contribution in [0.5, 0.6) is 5.75 Å². The maximum Gasteiger partial charge on any atom is 0.147 e. The molecule has 4 nitrogen and oxygen atoms in total. The first-order chi connectivity index (χ1) is 5.75. The zero-order valence-electron chi connectivity index (χ0n) is 6.69. The molecule has 0 aliphatic rings. The molecule has 4 heteroatoms. The molecule has 0 aromatic heterocycles. The Kier molecular flexibility index (Phi) is 2.53. The summed E-state index contributed by atoms with van der Waals surface area (Å²) in [5.74, 6) is 0.0262. The van der Waals surface area contributed by atoms with Gasteiger partial charge in [0.15, 0.2) is 0 Å². The minimum atomic E-state index is 0.0262. The second kappa shape index (κ2) is 3.61. The number of rotatable bonds is 2. The van der Waals surface area contributed by atoms with Gasteiger partial charge in [-0.25, -0.2) is 0 Å². The molecule has 0 unspecified atom stereocenters. The number of hydrogen-bond donors (Lipinski definition) is 2. The first-order valence-electron chi connectivity index (χ1n) is 3.39. The normalized spacial score (nSPS) is 10.4. The van der Waals surface area contributed by atoms with Crippen molar-refractivity contribution in [2.24, 2.45) is 5.16 Å². The summed E-state index contributed by atoms with van der Waals surface area (Å²) in [7, 11) is 1.43. The van der Waals surface area contributed by atoms with Crippen LogP contribution >= 0.6 is 0 Å². The predicted molar refractivity (Wildman–Crippen MR) is 47.1 cm³/mol. The zero-order valence-corrected chi connectivity index (χ0v) is 6.69. The Balaban J connectivity index is 3.00. The van der Waals surface area contributed by atoms with Crippen LogP contribution in [0.25, 0.3) is 0 Å². The summed E-state index contributed by atoms with van der Waals surface area (Å²) in [5, 5.41) is 12.9. The number of aromatic hydroxyl groups is 1. The van der Waals surface area contributed by atoms with E-state index >= 15 is 0 Å². The lowest BCUT2D eigenvalue weighted by Gasteiger charge is -2.00. The second-order valence-electron chi connectivity index (χ2n) is 2.20. The summed E-state index contributed by atoms with van der Waals surface area (Å²) >= 11 is 0. The van der Waals surface area contributed by atoms with Crippen LogP contribution in [0.2, 0.25) is 0 Å². The fourth-order valence-corrected chi connectivity index (χ4v) is 0.794. The van der Waals surface area contributed by atoms with Gasteiger partial charge in [-0.2, -0.15) is 0 Å². The van der Waals surface area contributed by atoms with E-state index in [1.54, 1.807) is 18.2 Å². The molecular weight excluding hydrogens is 156 g/mol. The van der Waals surface area contributed by atoms with Gasteiger partial charge in [-0.15, -0.1) is 0 Å². The van der Waals surface area contributed by atoms with E-state index in [1.807, 2.05) is 0 Å². The average molecular weight is 166 g/mol. The SMILES string of the molecule is CO/N=C/c1cccc(N)c1O. The fraction of sp³-hybridized carbons (Fsp3) is 0.125. The first-order valence-corrected chi connectivity index (χ1v) is 3.39. The van der Waals surface area contributed by atoms with Crippen molar-refractivity contribution >= 4 is 11.9 Å². The van der Waals surface area contributed by atoms with Gasteiger partial charge in [0.25, 0.3) is 0 Å². The van der Waals surface area contributed by atoms with Gasteiger partial charge in [0.2, 0.25) is 0 Å². The number of nitrogens with zero attached hydrogens (tertiary/aromatic N) is 1. The summed E-state index contributed by atoms with van der Waals surface area (Å²) in [6.45, 7) is 0. The summed E-state index contributed by atoms with van der Waals surface area (Å²) < 4.78 is 0. The molecule has 0 heterocycles. The zero-order chi connectivity index (χ0) is 8.97. The van der Waals surface area contributed by atoms with Gasteiger partial charge < -0.3 is 15.7 Å². The van der Waals surface area contributed by atoms with Crippen LogP contribution < -0.4 is 5.73 Å². The third-order valence-electron chi connectivity index (χ3n) is 1.40. The number of para-hydroxylation sites is 1. The Hall–Kier alpha value is -1.71. The Bertz CT molecular complexity index is 297. The number of benzene rings is 1. The highest BCUT2D eigenvalue weighted by Crippen LogP contribution is 2.22. The molecule has 0 aliphatic heterocycles. The number of nitrogens with two attached hydrogens (primary N) is 1. The lowest BCUT2D eigenvalue weighted by Crippen LogP contribution is -1.89. The quantitative estimate of drug-likeness (QED) is 0.297. The van der Waals surface area contributed by atoms with Crippen molar-refractivity contribution in [3.05, 3.63) is 23.8 Å². The number of anilines is 1. The number of nitrogen functional groups attached to an aromatic ring is 1. The van der Waals surface area contributed by atoms with E-state index in [1.165, 1.54) is 13.3 Å². The highest BCUT2D eigenvalue weighted by Gasteiger charge is 2.00. The Morgan fingerprint density at radius 2 is 2.33 bits per heavy atom. The van der Waals surface area contributed by atoms with E-state index in [0.29, 0.717) is 11.3 Å². The first kappa shape index (κ1) is 8.39. The molecular formula is C8H10N2O2. The molecule has 3 N–H and O–H groups in total. The maximum absolute atomic E-state index is 9.35. The summed E-state index contributed by atoms with van der Waals surface area (Å²) in [6.07, 6.45) is 1.39. The standard InChI is InChI=1S/C8H10N2O2/c1-12-10-5-6-3-2-4-7(9)8(6)11/h2-5,11H,9H2,1H3/b10-5+. The van der Waals surface area contributed by atoms with E-state index in [2.05, 4.69) is 9.99 Å². The van der Waals surface area contributed by atoms with Gasteiger partial charge in [-0.3, -0.25) is 0 Å². The van der Waals surface area contributed by atoms with Crippen LogP contribution in [0, 0.1) is 0 Å².